The fraction of sp³-hybridized carbons (Fsp3) is 1.00. The van der Waals surface area contributed by atoms with Gasteiger partial charge in [0.25, 0.3) is 0 Å². The third-order valence-corrected chi connectivity index (χ3v) is 3.90. The van der Waals surface area contributed by atoms with Gasteiger partial charge in [-0.2, -0.15) is 0 Å². The Hall–Kier alpha value is 0.650. The van der Waals surface area contributed by atoms with Gasteiger partial charge in [-0.05, 0) is 35.4 Å². The number of hydrogen-bond acceptors (Lipinski definition) is 2. The van der Waals surface area contributed by atoms with Crippen molar-refractivity contribution in [3.63, 3.8) is 0 Å². The molecule has 1 aliphatic heterocycles. The number of halogens is 1. The van der Waals surface area contributed by atoms with Crippen molar-refractivity contribution < 1.29 is 4.74 Å². The molecule has 0 aromatic rings. The Morgan fingerprint density at radius 2 is 1.92 bits per heavy atom. The summed E-state index contributed by atoms with van der Waals surface area (Å²) < 4.78 is 5.97. The lowest BCUT2D eigenvalue weighted by atomic mass is 9.94. The summed E-state index contributed by atoms with van der Waals surface area (Å²) in [6.45, 7) is 3.24. The monoisotopic (exact) mass is 295 g/mol. The van der Waals surface area contributed by atoms with Crippen molar-refractivity contribution in [1.29, 1.82) is 0 Å². The second-order valence-corrected chi connectivity index (χ2v) is 5.46. The normalized spacial score (nSPS) is 33.5. The molecule has 0 bridgehead atoms. The second-order valence-electron chi connectivity index (χ2n) is 4.07. The maximum absolute atomic E-state index is 5.54. The molecular weight excluding hydrogens is 277 g/mol. The van der Waals surface area contributed by atoms with Crippen LogP contribution in [0.3, 0.4) is 0 Å². The highest BCUT2D eigenvalue weighted by Gasteiger charge is 2.25. The predicted octanol–water partition coefficient (Wildman–Crippen LogP) is 2.41. The molecule has 0 radical (unpaired) electrons. The topological polar surface area (TPSA) is 12.5 Å². The van der Waals surface area contributed by atoms with Crippen molar-refractivity contribution in [1.82, 2.24) is 4.90 Å². The molecule has 1 atom stereocenters. The Bertz CT molecular complexity index is 159. The molecule has 0 aromatic carbocycles. The van der Waals surface area contributed by atoms with E-state index in [0.717, 1.165) is 25.7 Å². The van der Waals surface area contributed by atoms with E-state index in [-0.39, 0.29) is 0 Å². The summed E-state index contributed by atoms with van der Waals surface area (Å²) in [7, 11) is 0. The molecule has 0 amide bonds. The zero-order chi connectivity index (χ0) is 9.10. The van der Waals surface area contributed by atoms with Crippen molar-refractivity contribution in [3.8, 4) is 0 Å². The van der Waals surface area contributed by atoms with Crippen molar-refractivity contribution in [3.05, 3.63) is 0 Å². The van der Waals surface area contributed by atoms with Crippen molar-refractivity contribution in [2.24, 2.45) is 0 Å². The number of rotatable bonds is 1. The highest BCUT2D eigenvalue weighted by molar-refractivity contribution is 14.1. The molecule has 0 aromatic heterocycles. The molecular formula is C10H18INO. The van der Waals surface area contributed by atoms with Crippen LogP contribution in [0.15, 0.2) is 0 Å². The van der Waals surface area contributed by atoms with Gasteiger partial charge in [-0.1, -0.05) is 19.3 Å². The number of morpholine rings is 1. The average Bonchev–Trinajstić information content (AvgIpc) is 2.19. The minimum Gasteiger partial charge on any atom is -0.365 e. The van der Waals surface area contributed by atoms with Gasteiger partial charge in [-0.3, -0.25) is 4.90 Å². The summed E-state index contributed by atoms with van der Waals surface area (Å²) in [5.41, 5.74) is 0. The van der Waals surface area contributed by atoms with E-state index in [1.165, 1.54) is 32.1 Å². The Kier molecular flexibility index (Phi) is 3.86. The summed E-state index contributed by atoms with van der Waals surface area (Å²) in [6, 6.07) is 0.870. The standard InChI is InChI=1S/C10H18INO/c11-10-8-12(6-7-13-10)9-4-2-1-3-5-9/h9-10H,1-8H2. The first-order valence-corrected chi connectivity index (χ1v) is 6.60. The quantitative estimate of drug-likeness (QED) is 0.544. The van der Waals surface area contributed by atoms with Crippen molar-refractivity contribution >= 4 is 22.6 Å². The van der Waals surface area contributed by atoms with Crippen LogP contribution in [0.4, 0.5) is 0 Å². The molecule has 76 valence electrons. The summed E-state index contributed by atoms with van der Waals surface area (Å²) in [5.74, 6) is 0. The Balaban J connectivity index is 1.83. The van der Waals surface area contributed by atoms with E-state index in [1.54, 1.807) is 0 Å². The lowest BCUT2D eigenvalue weighted by Gasteiger charge is -2.38. The van der Waals surface area contributed by atoms with Gasteiger partial charge in [0.2, 0.25) is 0 Å². The van der Waals surface area contributed by atoms with Gasteiger partial charge in [0.1, 0.15) is 4.11 Å². The van der Waals surface area contributed by atoms with Crippen LogP contribution in [-0.2, 0) is 4.74 Å². The maximum Gasteiger partial charge on any atom is 0.121 e. The smallest absolute Gasteiger partial charge is 0.121 e. The fourth-order valence-corrected chi connectivity index (χ4v) is 3.16. The van der Waals surface area contributed by atoms with Crippen molar-refractivity contribution in [2.45, 2.75) is 42.3 Å². The first kappa shape index (κ1) is 10.2. The highest BCUT2D eigenvalue weighted by atomic mass is 127. The van der Waals surface area contributed by atoms with E-state index >= 15 is 0 Å². The first-order valence-electron chi connectivity index (χ1n) is 5.36. The minimum atomic E-state index is 0.424. The molecule has 13 heavy (non-hydrogen) atoms. The van der Waals surface area contributed by atoms with Gasteiger partial charge in [0.15, 0.2) is 0 Å². The van der Waals surface area contributed by atoms with Gasteiger partial charge in [-0.15, -0.1) is 0 Å². The molecule has 1 aliphatic carbocycles. The molecule has 3 heteroatoms. The van der Waals surface area contributed by atoms with Crippen LogP contribution < -0.4 is 0 Å². The van der Waals surface area contributed by atoms with Crippen molar-refractivity contribution in [2.75, 3.05) is 19.7 Å². The molecule has 1 saturated heterocycles. The van der Waals surface area contributed by atoms with Crippen LogP contribution in [0.25, 0.3) is 0 Å². The summed E-state index contributed by atoms with van der Waals surface area (Å²) in [6.07, 6.45) is 7.17. The molecule has 1 unspecified atom stereocenters. The SMILES string of the molecule is IC1CN(C2CCCCC2)CCO1. The lowest BCUT2D eigenvalue weighted by Crippen LogP contribution is -2.46. The van der Waals surface area contributed by atoms with E-state index in [4.69, 9.17) is 4.74 Å². The largest absolute Gasteiger partial charge is 0.365 e. The maximum atomic E-state index is 5.54. The van der Waals surface area contributed by atoms with Crippen LogP contribution in [0.2, 0.25) is 0 Å². The summed E-state index contributed by atoms with van der Waals surface area (Å²) >= 11 is 2.40. The summed E-state index contributed by atoms with van der Waals surface area (Å²) in [4.78, 5) is 2.64. The van der Waals surface area contributed by atoms with Crippen LogP contribution in [-0.4, -0.2) is 34.7 Å². The van der Waals surface area contributed by atoms with Gasteiger partial charge < -0.3 is 4.74 Å². The molecule has 0 N–H and O–H groups in total. The fourth-order valence-electron chi connectivity index (χ4n) is 2.40. The first-order chi connectivity index (χ1) is 6.36. The minimum absolute atomic E-state index is 0.424. The lowest BCUT2D eigenvalue weighted by molar-refractivity contribution is -0.000714. The Morgan fingerprint density at radius 1 is 1.15 bits per heavy atom. The third kappa shape index (κ3) is 2.80. The van der Waals surface area contributed by atoms with Gasteiger partial charge in [-0.25, -0.2) is 0 Å². The Morgan fingerprint density at radius 3 is 2.62 bits per heavy atom. The van der Waals surface area contributed by atoms with Gasteiger partial charge in [0, 0.05) is 19.1 Å². The molecule has 2 aliphatic rings. The van der Waals surface area contributed by atoms with Gasteiger partial charge >= 0.3 is 0 Å². The van der Waals surface area contributed by atoms with E-state index in [2.05, 4.69) is 27.5 Å². The van der Waals surface area contributed by atoms with Crippen LogP contribution >= 0.6 is 22.6 Å². The zero-order valence-electron chi connectivity index (χ0n) is 8.04. The number of nitrogens with zero attached hydrogens (tertiary/aromatic N) is 1. The zero-order valence-corrected chi connectivity index (χ0v) is 10.2. The third-order valence-electron chi connectivity index (χ3n) is 3.15. The number of hydrogen-bond donors (Lipinski definition) is 0. The number of alkyl halides is 1. The van der Waals surface area contributed by atoms with Gasteiger partial charge in [0.05, 0.1) is 6.61 Å². The van der Waals surface area contributed by atoms with E-state index in [9.17, 15) is 0 Å². The highest BCUT2D eigenvalue weighted by Crippen LogP contribution is 2.25. The number of ether oxygens (including phenoxy) is 1. The average molecular weight is 295 g/mol. The summed E-state index contributed by atoms with van der Waals surface area (Å²) in [5, 5.41) is 0. The molecule has 2 fully saturated rings. The van der Waals surface area contributed by atoms with E-state index in [1.807, 2.05) is 0 Å². The molecule has 1 heterocycles. The molecule has 2 rings (SSSR count). The molecule has 1 saturated carbocycles. The van der Waals surface area contributed by atoms with Crippen LogP contribution in [0.5, 0.6) is 0 Å². The molecule has 0 spiro atoms. The molecule has 2 nitrogen and oxygen atoms in total. The second kappa shape index (κ2) is 4.94. The van der Waals surface area contributed by atoms with Crippen LogP contribution in [0.1, 0.15) is 32.1 Å². The van der Waals surface area contributed by atoms with E-state index < -0.39 is 0 Å². The Labute approximate surface area is 94.1 Å². The predicted molar refractivity (Wildman–Crippen MR) is 62.2 cm³/mol. The van der Waals surface area contributed by atoms with Crippen LogP contribution in [0, 0.1) is 0 Å². The van der Waals surface area contributed by atoms with E-state index in [0.29, 0.717) is 4.11 Å².